The molecule has 6 bridgehead atoms. The number of fused-ring (bicyclic) bond motifs is 5. The lowest BCUT2D eigenvalue weighted by molar-refractivity contribution is -0.302. The lowest BCUT2D eigenvalue weighted by Gasteiger charge is -2.48. The number of aliphatic hydroxyl groups is 1. The number of ether oxygens (including phenoxy) is 6. The number of nitrogens with zero attached hydrogens (tertiary/aromatic N) is 5. The summed E-state index contributed by atoms with van der Waals surface area (Å²) in [6, 6.07) is 8.63. The van der Waals surface area contributed by atoms with Crippen molar-refractivity contribution in [2.24, 2.45) is 34.7 Å². The van der Waals surface area contributed by atoms with Crippen LogP contribution < -0.4 is 0 Å². The minimum absolute atomic E-state index is 0.0363. The highest BCUT2D eigenvalue weighted by molar-refractivity contribution is 5.92. The molecule has 5 aliphatic heterocycles. The molecule has 3 unspecified atom stereocenters. The number of benzene rings is 1. The van der Waals surface area contributed by atoms with E-state index >= 15 is 0 Å². The maximum Gasteiger partial charge on any atom is 0.411 e. The first kappa shape index (κ1) is 46.1. The van der Waals surface area contributed by atoms with Crippen molar-refractivity contribution < 1.29 is 52.7 Å². The summed E-state index contributed by atoms with van der Waals surface area (Å²) in [6.45, 7) is 17.0. The quantitative estimate of drug-likeness (QED) is 0.275. The van der Waals surface area contributed by atoms with Crippen LogP contribution in [0.5, 0.6) is 0 Å². The number of rotatable bonds is 8. The van der Waals surface area contributed by atoms with Gasteiger partial charge in [0.15, 0.2) is 11.9 Å². The first-order valence-electron chi connectivity index (χ1n) is 22.3. The molecule has 16 heteroatoms. The number of Topliss-reactive ketones (excluding diaryl/α,β-unsaturated/α-hetero) is 1. The number of ketones is 1. The van der Waals surface area contributed by atoms with Gasteiger partial charge in [-0.1, -0.05) is 45.0 Å². The molecule has 5 aliphatic rings. The predicted molar refractivity (Wildman–Crippen MR) is 227 cm³/mol. The number of hydrogen-bond donors (Lipinski definition) is 1. The molecular weight excluding hydrogens is 799 g/mol. The number of hydrogen-bond acceptors (Lipinski definition) is 14. The fraction of sp³-hybridized carbons (Fsp3) is 0.717. The Labute approximate surface area is 365 Å². The third-order valence-electron chi connectivity index (χ3n) is 14.1. The molecule has 5 fully saturated rings. The molecule has 2 aromatic rings. The van der Waals surface area contributed by atoms with Crippen molar-refractivity contribution in [3.63, 3.8) is 0 Å². The smallest absolute Gasteiger partial charge is 0.411 e. The number of carbonyl (C=O) groups is 3. The zero-order valence-corrected chi connectivity index (χ0v) is 38.2. The average Bonchev–Trinajstić information content (AvgIpc) is 3.79. The molecule has 7 rings (SSSR count). The minimum Gasteiger partial charge on any atom is -0.458 e. The number of cyclic esters (lactones) is 1. The van der Waals surface area contributed by atoms with Crippen LogP contribution >= 0.6 is 0 Å². The van der Waals surface area contributed by atoms with Crippen LogP contribution in [-0.2, 0) is 49.5 Å². The molecule has 16 nitrogen and oxygen atoms in total. The lowest BCUT2D eigenvalue weighted by atomic mass is 9.73. The van der Waals surface area contributed by atoms with Gasteiger partial charge in [0.2, 0.25) is 0 Å². The molecule has 0 saturated carbocycles. The van der Waals surface area contributed by atoms with Crippen LogP contribution in [0.15, 0.2) is 41.7 Å². The largest absolute Gasteiger partial charge is 0.458 e. The summed E-state index contributed by atoms with van der Waals surface area (Å²) in [6.07, 6.45) is -2.47. The molecule has 62 heavy (non-hydrogen) atoms. The standard InChI is InChI=1S/C46H67N5O11/c1-12-36-46(9)40-28(5)37(52)25(2)20-45(8)41(61-43-38(53)35(49(10)11)18-27(4)59-43)29(6)39(30(7)42(54)60-36)56-23-32(24-57-45)34(21-50(40)44(55)62-46)48-58-22-31-14-13-15-33(19-31)51-17-16-26(3)47-51/h13-17,19,25,27-30,32,35-36,38-41,43,53H,12,18,20-24H2,1-11H3/b48-34-/t25-,27-,28+,29+,30-,32?,35+,36-,38-,39+,40+,41-,43+,45?,46?/m1/s1. The number of oxime groups is 1. The zero-order chi connectivity index (χ0) is 44.8. The second-order valence-electron chi connectivity index (χ2n) is 19.1. The Morgan fingerprint density at radius 1 is 1.05 bits per heavy atom. The second-order valence-corrected chi connectivity index (χ2v) is 19.1. The molecule has 5 saturated heterocycles. The van der Waals surface area contributed by atoms with E-state index in [1.807, 2.05) is 104 Å². The molecule has 1 N–H and O–H groups in total. The average molecular weight is 866 g/mol. The van der Waals surface area contributed by atoms with Crippen molar-refractivity contribution in [2.75, 3.05) is 33.9 Å². The summed E-state index contributed by atoms with van der Waals surface area (Å²) in [4.78, 5) is 53.3. The Morgan fingerprint density at radius 3 is 2.50 bits per heavy atom. The van der Waals surface area contributed by atoms with E-state index in [-0.39, 0.29) is 50.7 Å². The lowest BCUT2D eigenvalue weighted by Crippen LogP contribution is -2.61. The number of likely N-dealkylation sites (N-methyl/N-ethyl adjacent to an activating group) is 1. The molecule has 1 aromatic heterocycles. The van der Waals surface area contributed by atoms with Gasteiger partial charge in [-0.3, -0.25) is 14.5 Å². The van der Waals surface area contributed by atoms with Gasteiger partial charge in [-0.25, -0.2) is 9.48 Å². The highest BCUT2D eigenvalue weighted by Gasteiger charge is 2.61. The number of amides is 1. The maximum absolute atomic E-state index is 14.9. The summed E-state index contributed by atoms with van der Waals surface area (Å²) in [5.41, 5.74) is 0.446. The molecule has 342 valence electrons. The van der Waals surface area contributed by atoms with E-state index in [2.05, 4.69) is 5.10 Å². The number of aryl methyl sites for hydroxylation is 1. The van der Waals surface area contributed by atoms with Gasteiger partial charge in [0, 0.05) is 35.9 Å². The van der Waals surface area contributed by atoms with E-state index in [4.69, 9.17) is 38.4 Å². The predicted octanol–water partition coefficient (Wildman–Crippen LogP) is 5.09. The molecule has 6 heterocycles. The van der Waals surface area contributed by atoms with E-state index in [1.54, 1.807) is 23.4 Å². The highest BCUT2D eigenvalue weighted by Crippen LogP contribution is 2.45. The topological polar surface area (TPSA) is 173 Å². The van der Waals surface area contributed by atoms with Crippen LogP contribution in [0.2, 0.25) is 0 Å². The third kappa shape index (κ3) is 8.92. The van der Waals surface area contributed by atoms with Crippen molar-refractivity contribution in [1.82, 2.24) is 19.6 Å². The van der Waals surface area contributed by atoms with Gasteiger partial charge in [-0.15, -0.1) is 0 Å². The summed E-state index contributed by atoms with van der Waals surface area (Å²) >= 11 is 0. The second kappa shape index (κ2) is 18.3. The van der Waals surface area contributed by atoms with Crippen LogP contribution in [0.1, 0.15) is 85.9 Å². The maximum atomic E-state index is 14.9. The Bertz CT molecular complexity index is 1980. The SMILES string of the molecule is CC[C@H]1OC(=O)[C@H](C)[C@H]2OCC3COC(C)(C[C@@H](C)C(=O)[C@H](C)[C@@H]4N(C/C3=N/OCc3cccc(-n5ccc(C)n5)c3)C(=O)OC41C)[C@H](O[C@@H]1O[C@H](C)C[C@H](N(C)C)[C@H]1O)[C@H]2C. The summed E-state index contributed by atoms with van der Waals surface area (Å²) in [5.74, 6) is -4.01. The first-order chi connectivity index (χ1) is 29.3. The number of esters is 1. The van der Waals surface area contributed by atoms with Gasteiger partial charge in [0.25, 0.3) is 0 Å². The van der Waals surface area contributed by atoms with E-state index in [0.717, 1.165) is 16.9 Å². The van der Waals surface area contributed by atoms with Crippen LogP contribution in [0.4, 0.5) is 4.79 Å². The molecular formula is C46H67N5O11. The number of aliphatic hydroxyl groups excluding tert-OH is 1. The Hall–Kier alpha value is -3.93. The van der Waals surface area contributed by atoms with Crippen molar-refractivity contribution in [1.29, 1.82) is 0 Å². The third-order valence-corrected chi connectivity index (χ3v) is 14.1. The van der Waals surface area contributed by atoms with Crippen LogP contribution in [-0.4, -0.2) is 142 Å². The molecule has 0 spiro atoms. The molecule has 15 atom stereocenters. The Morgan fingerprint density at radius 2 is 1.81 bits per heavy atom. The molecule has 1 amide bonds. The zero-order valence-electron chi connectivity index (χ0n) is 38.2. The first-order valence-corrected chi connectivity index (χ1v) is 22.3. The van der Waals surface area contributed by atoms with Gasteiger partial charge >= 0.3 is 12.1 Å². The highest BCUT2D eigenvalue weighted by atomic mass is 16.7. The summed E-state index contributed by atoms with van der Waals surface area (Å²) in [5, 5.41) is 21.1. The van der Waals surface area contributed by atoms with E-state index in [0.29, 0.717) is 18.6 Å². The van der Waals surface area contributed by atoms with Crippen LogP contribution in [0, 0.1) is 36.5 Å². The fourth-order valence-electron chi connectivity index (χ4n) is 10.7. The van der Waals surface area contributed by atoms with Gasteiger partial charge in [-0.05, 0) is 91.7 Å². The monoisotopic (exact) mass is 865 g/mol. The fourth-order valence-corrected chi connectivity index (χ4v) is 10.7. The molecule has 0 radical (unpaired) electrons. The van der Waals surface area contributed by atoms with Crippen molar-refractivity contribution in [3.8, 4) is 5.69 Å². The van der Waals surface area contributed by atoms with Crippen LogP contribution in [0.25, 0.3) is 5.69 Å². The van der Waals surface area contributed by atoms with Gasteiger partial charge in [0.05, 0.1) is 72.7 Å². The number of carbonyl (C=O) groups excluding carboxylic acids is 3. The van der Waals surface area contributed by atoms with Crippen molar-refractivity contribution >= 4 is 23.6 Å². The van der Waals surface area contributed by atoms with E-state index < -0.39 is 89.6 Å². The van der Waals surface area contributed by atoms with Crippen molar-refractivity contribution in [3.05, 3.63) is 47.8 Å². The molecule has 1 aromatic carbocycles. The number of aromatic nitrogens is 2. The minimum atomic E-state index is -1.40. The molecule has 0 aliphatic carbocycles. The van der Waals surface area contributed by atoms with Gasteiger partial charge < -0.3 is 43.3 Å². The summed E-state index contributed by atoms with van der Waals surface area (Å²) < 4.78 is 41.7. The van der Waals surface area contributed by atoms with Gasteiger partial charge in [0.1, 0.15) is 24.6 Å². The van der Waals surface area contributed by atoms with Crippen LogP contribution in [0.3, 0.4) is 0 Å². The van der Waals surface area contributed by atoms with Crippen molar-refractivity contribution in [2.45, 2.75) is 148 Å². The summed E-state index contributed by atoms with van der Waals surface area (Å²) in [7, 11) is 3.83. The van der Waals surface area contributed by atoms with Gasteiger partial charge in [-0.2, -0.15) is 5.10 Å². The Balaban J connectivity index is 1.35. The van der Waals surface area contributed by atoms with E-state index in [9.17, 15) is 19.5 Å². The van der Waals surface area contributed by atoms with E-state index in [1.165, 1.54) is 0 Å². The normalized spacial score (nSPS) is 40.1. The Kier molecular flexibility index (Phi) is 13.6.